The smallest absolute Gasteiger partial charge is 0.287 e. The molecule has 0 fully saturated rings. The third-order valence-electron chi connectivity index (χ3n) is 4.31. The summed E-state index contributed by atoms with van der Waals surface area (Å²) in [5.41, 5.74) is 6.58. The van der Waals surface area contributed by atoms with Gasteiger partial charge in [0.15, 0.2) is 11.0 Å². The molecular formula is C20H19N7O2S2. The SMILES string of the molecule is CCn1c(SCC(=O)NNC(=O)c2cc(-c3ccccc3)n[nH]2)nnc1-c1cccs1. The first-order valence-corrected chi connectivity index (χ1v) is 11.3. The summed E-state index contributed by atoms with van der Waals surface area (Å²) in [7, 11) is 0. The second kappa shape index (κ2) is 9.58. The van der Waals surface area contributed by atoms with Gasteiger partial charge in [0.05, 0.1) is 16.3 Å². The van der Waals surface area contributed by atoms with Crippen LogP contribution in [0.25, 0.3) is 22.0 Å². The average Bonchev–Trinajstić information content (AvgIpc) is 3.56. The number of rotatable bonds is 7. The first-order valence-electron chi connectivity index (χ1n) is 9.45. The standard InChI is InChI=1S/C20H19N7O2S2/c1-2-27-18(16-9-6-10-30-16)24-26-20(27)31-12-17(28)23-25-19(29)15-11-14(21-22-15)13-7-4-3-5-8-13/h3-11H,2,12H2,1H3,(H,21,22)(H,23,28)(H,25,29). The number of nitrogens with one attached hydrogen (secondary N) is 3. The molecule has 0 unspecified atom stereocenters. The van der Waals surface area contributed by atoms with E-state index < -0.39 is 5.91 Å². The zero-order valence-electron chi connectivity index (χ0n) is 16.5. The minimum absolute atomic E-state index is 0.0844. The summed E-state index contributed by atoms with van der Waals surface area (Å²) in [4.78, 5) is 25.5. The number of carbonyl (C=O) groups excluding carboxylic acids is 2. The van der Waals surface area contributed by atoms with Gasteiger partial charge < -0.3 is 4.57 Å². The van der Waals surface area contributed by atoms with E-state index in [2.05, 4.69) is 31.2 Å². The molecule has 0 aliphatic rings. The molecule has 0 radical (unpaired) electrons. The number of aromatic nitrogens is 5. The van der Waals surface area contributed by atoms with E-state index in [0.29, 0.717) is 17.4 Å². The van der Waals surface area contributed by atoms with Gasteiger partial charge in [-0.2, -0.15) is 5.10 Å². The first kappa shape index (κ1) is 20.8. The molecular weight excluding hydrogens is 434 g/mol. The van der Waals surface area contributed by atoms with Gasteiger partial charge in [-0.1, -0.05) is 48.2 Å². The lowest BCUT2D eigenvalue weighted by molar-refractivity contribution is -0.119. The Kier molecular flexibility index (Phi) is 6.43. The molecule has 31 heavy (non-hydrogen) atoms. The number of amides is 2. The minimum atomic E-state index is -0.482. The maximum atomic E-state index is 12.3. The normalized spacial score (nSPS) is 10.7. The van der Waals surface area contributed by atoms with Crippen LogP contribution in [0.3, 0.4) is 0 Å². The van der Waals surface area contributed by atoms with Gasteiger partial charge in [-0.3, -0.25) is 25.5 Å². The highest BCUT2D eigenvalue weighted by molar-refractivity contribution is 7.99. The van der Waals surface area contributed by atoms with E-state index in [1.807, 2.05) is 59.3 Å². The maximum absolute atomic E-state index is 12.3. The van der Waals surface area contributed by atoms with Crippen molar-refractivity contribution >= 4 is 34.9 Å². The molecule has 4 rings (SSSR count). The van der Waals surface area contributed by atoms with Gasteiger partial charge in [-0.05, 0) is 24.4 Å². The largest absolute Gasteiger partial charge is 0.302 e. The van der Waals surface area contributed by atoms with Crippen LogP contribution in [-0.2, 0) is 11.3 Å². The molecule has 4 aromatic rings. The Bertz CT molecular complexity index is 1170. The van der Waals surface area contributed by atoms with Crippen molar-refractivity contribution in [2.45, 2.75) is 18.6 Å². The number of benzene rings is 1. The minimum Gasteiger partial charge on any atom is -0.302 e. The van der Waals surface area contributed by atoms with Crippen LogP contribution >= 0.6 is 23.1 Å². The van der Waals surface area contributed by atoms with E-state index in [9.17, 15) is 9.59 Å². The maximum Gasteiger partial charge on any atom is 0.287 e. The summed E-state index contributed by atoms with van der Waals surface area (Å²) in [6.45, 7) is 2.68. The number of thiophene rings is 1. The fourth-order valence-electron chi connectivity index (χ4n) is 2.82. The molecule has 3 aromatic heterocycles. The van der Waals surface area contributed by atoms with Crippen LogP contribution in [0.2, 0.25) is 0 Å². The predicted molar refractivity (Wildman–Crippen MR) is 119 cm³/mol. The van der Waals surface area contributed by atoms with Crippen molar-refractivity contribution in [2.75, 3.05) is 5.75 Å². The van der Waals surface area contributed by atoms with Crippen molar-refractivity contribution < 1.29 is 9.59 Å². The van der Waals surface area contributed by atoms with E-state index in [4.69, 9.17) is 0 Å². The van der Waals surface area contributed by atoms with Gasteiger partial charge in [-0.25, -0.2) is 0 Å². The van der Waals surface area contributed by atoms with Crippen LogP contribution in [0.15, 0.2) is 59.1 Å². The molecule has 0 aliphatic heterocycles. The Balaban J connectivity index is 1.30. The van der Waals surface area contributed by atoms with Crippen LogP contribution in [0.5, 0.6) is 0 Å². The highest BCUT2D eigenvalue weighted by Gasteiger charge is 2.16. The number of nitrogens with zero attached hydrogens (tertiary/aromatic N) is 4. The number of hydrogen-bond donors (Lipinski definition) is 3. The molecule has 11 heteroatoms. The van der Waals surface area contributed by atoms with E-state index in [1.165, 1.54) is 11.8 Å². The molecule has 2 amide bonds. The summed E-state index contributed by atoms with van der Waals surface area (Å²) in [6, 6.07) is 15.1. The van der Waals surface area contributed by atoms with Gasteiger partial charge in [0.25, 0.3) is 5.91 Å². The highest BCUT2D eigenvalue weighted by atomic mass is 32.2. The quantitative estimate of drug-likeness (QED) is 0.293. The second-order valence-electron chi connectivity index (χ2n) is 6.35. The van der Waals surface area contributed by atoms with Crippen molar-refractivity contribution in [3.05, 3.63) is 59.6 Å². The van der Waals surface area contributed by atoms with E-state index in [0.717, 1.165) is 16.3 Å². The summed E-state index contributed by atoms with van der Waals surface area (Å²) < 4.78 is 1.96. The summed E-state index contributed by atoms with van der Waals surface area (Å²) >= 11 is 2.84. The molecule has 9 nitrogen and oxygen atoms in total. The number of hydrogen-bond acceptors (Lipinski definition) is 7. The fraction of sp³-hybridized carbons (Fsp3) is 0.150. The van der Waals surface area contributed by atoms with Gasteiger partial charge in [0.1, 0.15) is 5.69 Å². The zero-order chi connectivity index (χ0) is 21.6. The summed E-state index contributed by atoms with van der Waals surface area (Å²) in [5.74, 6) is 0.0255. The fourth-order valence-corrected chi connectivity index (χ4v) is 4.34. The van der Waals surface area contributed by atoms with Gasteiger partial charge in [0.2, 0.25) is 5.91 Å². The predicted octanol–water partition coefficient (Wildman–Crippen LogP) is 2.97. The van der Waals surface area contributed by atoms with Crippen LogP contribution in [0, 0.1) is 0 Å². The Hall–Kier alpha value is -3.44. The molecule has 0 bridgehead atoms. The second-order valence-corrected chi connectivity index (χ2v) is 8.24. The van der Waals surface area contributed by atoms with E-state index in [-0.39, 0.29) is 17.4 Å². The van der Waals surface area contributed by atoms with Gasteiger partial charge in [-0.15, -0.1) is 21.5 Å². The van der Waals surface area contributed by atoms with Gasteiger partial charge >= 0.3 is 0 Å². The topological polar surface area (TPSA) is 118 Å². The van der Waals surface area contributed by atoms with Crippen molar-refractivity contribution in [1.82, 2.24) is 35.8 Å². The van der Waals surface area contributed by atoms with Crippen molar-refractivity contribution in [2.24, 2.45) is 0 Å². The Morgan fingerprint density at radius 3 is 2.71 bits per heavy atom. The first-order chi connectivity index (χ1) is 15.2. The Labute approximate surface area is 186 Å². The third-order valence-corrected chi connectivity index (χ3v) is 6.15. The van der Waals surface area contributed by atoms with Crippen LogP contribution in [0.1, 0.15) is 17.4 Å². The van der Waals surface area contributed by atoms with Crippen LogP contribution in [-0.4, -0.2) is 42.5 Å². The number of carbonyl (C=O) groups is 2. The Morgan fingerprint density at radius 2 is 1.97 bits per heavy atom. The number of hydrazine groups is 1. The molecule has 0 saturated carbocycles. The molecule has 0 aliphatic carbocycles. The Morgan fingerprint density at radius 1 is 1.13 bits per heavy atom. The summed E-state index contributed by atoms with van der Waals surface area (Å²) in [6.07, 6.45) is 0. The lowest BCUT2D eigenvalue weighted by atomic mass is 10.1. The number of aromatic amines is 1. The summed E-state index contributed by atoms with van der Waals surface area (Å²) in [5, 5.41) is 17.9. The van der Waals surface area contributed by atoms with Gasteiger partial charge in [0, 0.05) is 12.1 Å². The van der Waals surface area contributed by atoms with E-state index >= 15 is 0 Å². The molecule has 0 saturated heterocycles. The molecule has 158 valence electrons. The molecule has 0 atom stereocenters. The monoisotopic (exact) mass is 453 g/mol. The molecule has 0 spiro atoms. The van der Waals surface area contributed by atoms with Crippen LogP contribution < -0.4 is 10.9 Å². The van der Waals surface area contributed by atoms with E-state index in [1.54, 1.807) is 17.4 Å². The van der Waals surface area contributed by atoms with Crippen molar-refractivity contribution in [3.63, 3.8) is 0 Å². The average molecular weight is 454 g/mol. The molecule has 3 N–H and O–H groups in total. The third kappa shape index (κ3) is 4.84. The number of thioether (sulfide) groups is 1. The molecule has 3 heterocycles. The van der Waals surface area contributed by atoms with Crippen LogP contribution in [0.4, 0.5) is 0 Å². The molecule has 1 aromatic carbocycles. The lowest BCUT2D eigenvalue weighted by Crippen LogP contribution is -2.42. The highest BCUT2D eigenvalue weighted by Crippen LogP contribution is 2.27. The van der Waals surface area contributed by atoms with Crippen molar-refractivity contribution in [3.8, 4) is 22.0 Å². The zero-order valence-corrected chi connectivity index (χ0v) is 18.2. The lowest BCUT2D eigenvalue weighted by Gasteiger charge is -2.07. The number of H-pyrrole nitrogens is 1. The van der Waals surface area contributed by atoms with Crippen molar-refractivity contribution in [1.29, 1.82) is 0 Å².